The largest absolute Gasteiger partial charge is 0.374 e. The normalized spacial score (nSPS) is 13.6. The van der Waals surface area contributed by atoms with Gasteiger partial charge >= 0.3 is 0 Å². The van der Waals surface area contributed by atoms with Gasteiger partial charge in [0.2, 0.25) is 0 Å². The van der Waals surface area contributed by atoms with Gasteiger partial charge in [-0.25, -0.2) is 4.57 Å². The molecule has 4 nitrogen and oxygen atoms in total. The van der Waals surface area contributed by atoms with Gasteiger partial charge in [-0.1, -0.05) is 64.1 Å². The molecule has 0 saturated heterocycles. The molecular weight excluding hydrogens is 601 g/mol. The third kappa shape index (κ3) is 10.6. The van der Waals surface area contributed by atoms with Crippen LogP contribution in [0, 0.1) is 0 Å². The fraction of sp³-hybridized carbons (Fsp3) is 0.375. The number of nitrogens with zero attached hydrogens (tertiary/aromatic N) is 4. The van der Waals surface area contributed by atoms with Gasteiger partial charge in [-0.2, -0.15) is 0 Å². The maximum Gasteiger partial charge on any atom is 0.169 e. The van der Waals surface area contributed by atoms with E-state index in [0.29, 0.717) is 0 Å². The summed E-state index contributed by atoms with van der Waals surface area (Å²) >= 11 is 0. The number of hydrogen-bond donors (Lipinski definition) is 0. The van der Waals surface area contributed by atoms with Crippen LogP contribution in [0.2, 0.25) is 0 Å². The Balaban J connectivity index is 1.19. The van der Waals surface area contributed by atoms with E-state index in [4.69, 9.17) is 0 Å². The van der Waals surface area contributed by atoms with Crippen molar-refractivity contribution >= 4 is 50.7 Å². The van der Waals surface area contributed by atoms with Crippen molar-refractivity contribution in [2.24, 2.45) is 0 Å². The van der Waals surface area contributed by atoms with Gasteiger partial charge in [-0.05, 0) is 111 Å². The smallest absolute Gasteiger partial charge is 0.169 e. The second-order valence-electron chi connectivity index (χ2n) is 11.6. The van der Waals surface area contributed by atoms with Crippen molar-refractivity contribution < 1.29 is 4.57 Å². The SMILES string of the molecule is CCN1C=CC(/C(C)=C/c2ccc(N(CC)CCSSCCN(CC)c3ccc(/C=C(\C)c4cc[n+](CC)cc4)cc3)cc2)=CC1. The van der Waals surface area contributed by atoms with E-state index < -0.39 is 0 Å². The number of anilines is 2. The molecular formula is C40H53N4S2+. The van der Waals surface area contributed by atoms with Crippen molar-refractivity contribution in [1.29, 1.82) is 0 Å². The summed E-state index contributed by atoms with van der Waals surface area (Å²) in [5, 5.41) is 0. The lowest BCUT2D eigenvalue weighted by Gasteiger charge is -2.24. The lowest BCUT2D eigenvalue weighted by atomic mass is 10.0. The van der Waals surface area contributed by atoms with E-state index in [2.05, 4.69) is 164 Å². The molecule has 0 aliphatic carbocycles. The lowest BCUT2D eigenvalue weighted by Crippen LogP contribution is -2.30. The standard InChI is InChI=1S/C40H53N4S2/c1-7-41-23-19-37(20-24-41)33(5)31-35-11-15-39(16-12-35)43(9-3)27-29-45-46-30-28-44(10-4)40-17-13-36(14-18-40)32-34(6)38-21-25-42(8-2)26-22-38/h11-25,31-32H,7-10,26-30H2,1-6H3/q+1/b34-32+. The number of pyridine rings is 1. The Morgan fingerprint density at radius 2 is 1.26 bits per heavy atom. The number of likely N-dealkylation sites (N-methyl/N-ethyl adjacent to an activating group) is 1. The number of benzene rings is 2. The van der Waals surface area contributed by atoms with Crippen LogP contribution in [0.4, 0.5) is 11.4 Å². The van der Waals surface area contributed by atoms with Crippen LogP contribution in [-0.2, 0) is 6.54 Å². The first-order valence-electron chi connectivity index (χ1n) is 16.9. The van der Waals surface area contributed by atoms with Gasteiger partial charge in [0.1, 0.15) is 6.54 Å². The lowest BCUT2D eigenvalue weighted by molar-refractivity contribution is -0.693. The molecule has 0 N–H and O–H groups in total. The molecule has 0 bridgehead atoms. The maximum atomic E-state index is 2.48. The van der Waals surface area contributed by atoms with E-state index >= 15 is 0 Å². The average Bonchev–Trinajstić information content (AvgIpc) is 3.10. The molecule has 6 heteroatoms. The summed E-state index contributed by atoms with van der Waals surface area (Å²) < 4.78 is 2.19. The van der Waals surface area contributed by atoms with Gasteiger partial charge in [0.15, 0.2) is 12.4 Å². The predicted molar refractivity (Wildman–Crippen MR) is 208 cm³/mol. The summed E-state index contributed by atoms with van der Waals surface area (Å²) in [6.07, 6.45) is 15.6. The first-order valence-corrected chi connectivity index (χ1v) is 19.4. The highest BCUT2D eigenvalue weighted by molar-refractivity contribution is 8.76. The molecule has 0 amide bonds. The minimum Gasteiger partial charge on any atom is -0.374 e. The zero-order valence-electron chi connectivity index (χ0n) is 28.8. The van der Waals surface area contributed by atoms with E-state index in [9.17, 15) is 0 Å². The molecule has 0 atom stereocenters. The molecule has 46 heavy (non-hydrogen) atoms. The van der Waals surface area contributed by atoms with Crippen molar-refractivity contribution in [3.05, 3.63) is 119 Å². The van der Waals surface area contributed by atoms with Crippen LogP contribution in [0.3, 0.4) is 0 Å². The van der Waals surface area contributed by atoms with Crippen molar-refractivity contribution in [2.45, 2.75) is 48.1 Å². The molecule has 0 spiro atoms. The Hall–Kier alpha value is -3.35. The summed E-state index contributed by atoms with van der Waals surface area (Å²) in [5.74, 6) is 2.22. The second-order valence-corrected chi connectivity index (χ2v) is 14.3. The Bertz CT molecular complexity index is 1470. The van der Waals surface area contributed by atoms with Gasteiger partial charge in [0.05, 0.1) is 0 Å². The first-order chi connectivity index (χ1) is 22.4. The summed E-state index contributed by atoms with van der Waals surface area (Å²) in [6.45, 7) is 20.4. The molecule has 244 valence electrons. The van der Waals surface area contributed by atoms with Gasteiger partial charge in [0.25, 0.3) is 0 Å². The Morgan fingerprint density at radius 3 is 1.70 bits per heavy atom. The monoisotopic (exact) mass is 653 g/mol. The molecule has 0 fully saturated rings. The highest BCUT2D eigenvalue weighted by Gasteiger charge is 2.08. The van der Waals surface area contributed by atoms with Crippen molar-refractivity contribution in [3.8, 4) is 0 Å². The molecule has 0 unspecified atom stereocenters. The summed E-state index contributed by atoms with van der Waals surface area (Å²) in [5.41, 5.74) is 10.3. The third-order valence-electron chi connectivity index (χ3n) is 8.60. The van der Waals surface area contributed by atoms with Crippen LogP contribution in [-0.4, -0.2) is 55.7 Å². The molecule has 2 heterocycles. The molecule has 0 radical (unpaired) electrons. The van der Waals surface area contributed by atoms with Crippen LogP contribution in [0.25, 0.3) is 17.7 Å². The number of rotatable bonds is 17. The maximum absolute atomic E-state index is 2.48. The second kappa shape index (κ2) is 18.7. The Kier molecular flexibility index (Phi) is 14.4. The van der Waals surface area contributed by atoms with Crippen molar-refractivity contribution in [2.75, 3.05) is 60.6 Å². The molecule has 0 saturated carbocycles. The summed E-state index contributed by atoms with van der Waals surface area (Å²) in [7, 11) is 3.98. The first kappa shape index (κ1) is 35.5. The van der Waals surface area contributed by atoms with Crippen LogP contribution in [0.15, 0.2) is 103 Å². The number of hydrogen-bond acceptors (Lipinski definition) is 5. The molecule has 1 aliphatic heterocycles. The highest BCUT2D eigenvalue weighted by Crippen LogP contribution is 2.26. The van der Waals surface area contributed by atoms with Crippen LogP contribution >= 0.6 is 21.6 Å². The van der Waals surface area contributed by atoms with E-state index in [1.807, 2.05) is 21.6 Å². The van der Waals surface area contributed by atoms with Crippen molar-refractivity contribution in [1.82, 2.24) is 4.90 Å². The molecule has 3 aromatic rings. The van der Waals surface area contributed by atoms with E-state index in [1.54, 1.807) is 0 Å². The molecule has 1 aromatic heterocycles. The van der Waals surface area contributed by atoms with Gasteiger partial charge < -0.3 is 14.7 Å². The summed E-state index contributed by atoms with van der Waals surface area (Å²) in [4.78, 5) is 7.27. The molecule has 4 rings (SSSR count). The fourth-order valence-electron chi connectivity index (χ4n) is 5.57. The van der Waals surface area contributed by atoms with E-state index in [-0.39, 0.29) is 0 Å². The van der Waals surface area contributed by atoms with Gasteiger partial charge in [-0.3, -0.25) is 0 Å². The predicted octanol–water partition coefficient (Wildman–Crippen LogP) is 9.47. The van der Waals surface area contributed by atoms with Crippen LogP contribution in [0.1, 0.15) is 58.2 Å². The third-order valence-corrected chi connectivity index (χ3v) is 11.0. The number of aryl methyl sites for hydroxylation is 1. The van der Waals surface area contributed by atoms with Crippen molar-refractivity contribution in [3.63, 3.8) is 0 Å². The zero-order valence-corrected chi connectivity index (χ0v) is 30.4. The van der Waals surface area contributed by atoms with E-state index in [0.717, 1.165) is 57.3 Å². The molecule has 2 aromatic carbocycles. The van der Waals surface area contributed by atoms with Gasteiger partial charge in [0, 0.05) is 74.3 Å². The quantitative estimate of drug-likeness (QED) is 0.0816. The minimum atomic E-state index is 0.992. The van der Waals surface area contributed by atoms with Gasteiger partial charge in [-0.15, -0.1) is 0 Å². The van der Waals surface area contributed by atoms with E-state index in [1.165, 1.54) is 44.8 Å². The topological polar surface area (TPSA) is 13.6 Å². The summed E-state index contributed by atoms with van der Waals surface area (Å²) in [6, 6.07) is 22.5. The Labute approximate surface area is 287 Å². The fourth-order valence-corrected chi connectivity index (χ4v) is 7.55. The number of allylic oxidation sites excluding steroid dienone is 4. The van der Waals surface area contributed by atoms with Crippen LogP contribution < -0.4 is 14.4 Å². The highest BCUT2D eigenvalue weighted by atomic mass is 33.1. The Morgan fingerprint density at radius 1 is 0.739 bits per heavy atom. The number of aromatic nitrogens is 1. The average molecular weight is 654 g/mol. The minimum absolute atomic E-state index is 0.992. The zero-order chi connectivity index (χ0) is 32.7. The molecule has 1 aliphatic rings. The van der Waals surface area contributed by atoms with Crippen LogP contribution in [0.5, 0.6) is 0 Å².